The number of hydrogen-bond donors (Lipinski definition) is 1. The Kier molecular flexibility index (Phi) is 6.39. The standard InChI is InChI=1S/C19H18Cl2FNO4/c20-14-7-11(8-15(22)19(14)26-6-2-5-18(24)25)16-9-13(10-17(21)23-16)27-12-3-1-4-12/h7-10,12H,1-6H2,(H,24,25). The van der Waals surface area contributed by atoms with Gasteiger partial charge in [0.25, 0.3) is 0 Å². The summed E-state index contributed by atoms with van der Waals surface area (Å²) in [6, 6.07) is 6.11. The zero-order valence-electron chi connectivity index (χ0n) is 14.4. The minimum absolute atomic E-state index is 0.0527. The molecule has 1 aliphatic rings. The van der Waals surface area contributed by atoms with Crippen LogP contribution in [-0.2, 0) is 4.79 Å². The molecule has 8 heteroatoms. The van der Waals surface area contributed by atoms with Crippen molar-refractivity contribution in [2.24, 2.45) is 0 Å². The van der Waals surface area contributed by atoms with Crippen LogP contribution in [0.1, 0.15) is 32.1 Å². The van der Waals surface area contributed by atoms with Gasteiger partial charge in [-0.1, -0.05) is 23.2 Å². The molecule has 1 N–H and O–H groups in total. The van der Waals surface area contributed by atoms with Crippen molar-refractivity contribution >= 4 is 29.2 Å². The second-order valence-electron chi connectivity index (χ2n) is 6.30. The number of halogens is 3. The highest BCUT2D eigenvalue weighted by atomic mass is 35.5. The van der Waals surface area contributed by atoms with Crippen LogP contribution in [0.25, 0.3) is 11.3 Å². The van der Waals surface area contributed by atoms with E-state index in [-0.39, 0.29) is 41.5 Å². The zero-order chi connectivity index (χ0) is 19.4. The molecule has 1 aromatic carbocycles. The fraction of sp³-hybridized carbons (Fsp3) is 0.368. The quantitative estimate of drug-likeness (QED) is 0.465. The van der Waals surface area contributed by atoms with Crippen molar-refractivity contribution in [1.82, 2.24) is 4.98 Å². The van der Waals surface area contributed by atoms with Gasteiger partial charge in [-0.2, -0.15) is 0 Å². The average Bonchev–Trinajstić information content (AvgIpc) is 2.56. The molecule has 3 rings (SSSR count). The first kappa shape index (κ1) is 19.7. The molecular formula is C19H18Cl2FNO4. The number of aliphatic carboxylic acids is 1. The van der Waals surface area contributed by atoms with E-state index in [9.17, 15) is 9.18 Å². The van der Waals surface area contributed by atoms with Crippen molar-refractivity contribution in [1.29, 1.82) is 0 Å². The Balaban J connectivity index is 1.77. The molecular weight excluding hydrogens is 396 g/mol. The number of benzene rings is 1. The second-order valence-corrected chi connectivity index (χ2v) is 7.09. The minimum atomic E-state index is -0.938. The molecule has 27 heavy (non-hydrogen) atoms. The lowest BCUT2D eigenvalue weighted by atomic mass is 9.96. The number of carboxylic acid groups (broad SMARTS) is 1. The monoisotopic (exact) mass is 413 g/mol. The topological polar surface area (TPSA) is 68.7 Å². The Hall–Kier alpha value is -2.05. The molecule has 144 valence electrons. The molecule has 0 radical (unpaired) electrons. The predicted molar refractivity (Wildman–Crippen MR) is 100 cm³/mol. The first-order valence-electron chi connectivity index (χ1n) is 8.60. The summed E-state index contributed by atoms with van der Waals surface area (Å²) in [5.74, 6) is -1.12. The third-order valence-corrected chi connectivity index (χ3v) is 4.67. The fourth-order valence-electron chi connectivity index (χ4n) is 2.61. The maximum absolute atomic E-state index is 14.4. The molecule has 0 aliphatic heterocycles. The smallest absolute Gasteiger partial charge is 0.303 e. The van der Waals surface area contributed by atoms with Crippen molar-refractivity contribution in [3.8, 4) is 22.8 Å². The highest BCUT2D eigenvalue weighted by Crippen LogP contribution is 2.35. The SMILES string of the molecule is O=C(O)CCCOc1c(F)cc(-c2cc(OC3CCC3)cc(Cl)n2)cc1Cl. The van der Waals surface area contributed by atoms with E-state index in [0.29, 0.717) is 17.0 Å². The highest BCUT2D eigenvalue weighted by Gasteiger charge is 2.20. The fourth-order valence-corrected chi connectivity index (χ4v) is 3.07. The van der Waals surface area contributed by atoms with E-state index >= 15 is 0 Å². The molecule has 1 aliphatic carbocycles. The number of pyridine rings is 1. The summed E-state index contributed by atoms with van der Waals surface area (Å²) in [6.07, 6.45) is 3.52. The van der Waals surface area contributed by atoms with Crippen molar-refractivity contribution < 1.29 is 23.8 Å². The number of rotatable bonds is 8. The molecule has 5 nitrogen and oxygen atoms in total. The molecule has 1 fully saturated rings. The molecule has 1 heterocycles. The van der Waals surface area contributed by atoms with E-state index in [1.807, 2.05) is 0 Å². The van der Waals surface area contributed by atoms with Crippen LogP contribution in [0.15, 0.2) is 24.3 Å². The van der Waals surface area contributed by atoms with Crippen molar-refractivity contribution in [3.63, 3.8) is 0 Å². The van der Waals surface area contributed by atoms with Gasteiger partial charge in [-0.3, -0.25) is 4.79 Å². The summed E-state index contributed by atoms with van der Waals surface area (Å²) in [5.41, 5.74) is 0.881. The molecule has 0 saturated heterocycles. The van der Waals surface area contributed by atoms with Gasteiger partial charge in [0, 0.05) is 24.1 Å². The third-order valence-electron chi connectivity index (χ3n) is 4.20. The third kappa shape index (κ3) is 5.23. The maximum Gasteiger partial charge on any atom is 0.303 e. The minimum Gasteiger partial charge on any atom is -0.490 e. The van der Waals surface area contributed by atoms with Crippen LogP contribution in [-0.4, -0.2) is 28.8 Å². The lowest BCUT2D eigenvalue weighted by Crippen LogP contribution is -2.24. The highest BCUT2D eigenvalue weighted by molar-refractivity contribution is 6.32. The van der Waals surface area contributed by atoms with E-state index in [4.69, 9.17) is 37.8 Å². The lowest BCUT2D eigenvalue weighted by Gasteiger charge is -2.26. The van der Waals surface area contributed by atoms with Gasteiger partial charge >= 0.3 is 5.97 Å². The number of hydrogen-bond acceptors (Lipinski definition) is 4. The number of carboxylic acids is 1. The van der Waals surface area contributed by atoms with E-state index in [2.05, 4.69) is 4.98 Å². The van der Waals surface area contributed by atoms with E-state index < -0.39 is 11.8 Å². The molecule has 0 spiro atoms. The Bertz CT molecular complexity index is 819. The Morgan fingerprint density at radius 1 is 1.26 bits per heavy atom. The van der Waals surface area contributed by atoms with Crippen LogP contribution in [0.5, 0.6) is 11.5 Å². The van der Waals surface area contributed by atoms with Crippen molar-refractivity contribution in [2.75, 3.05) is 6.61 Å². The Morgan fingerprint density at radius 2 is 2.04 bits per heavy atom. The van der Waals surface area contributed by atoms with Gasteiger partial charge in [0.1, 0.15) is 10.9 Å². The van der Waals surface area contributed by atoms with E-state index in [0.717, 1.165) is 19.3 Å². The van der Waals surface area contributed by atoms with Crippen LogP contribution in [0.3, 0.4) is 0 Å². The van der Waals surface area contributed by atoms with Gasteiger partial charge < -0.3 is 14.6 Å². The molecule has 0 unspecified atom stereocenters. The molecule has 1 aromatic heterocycles. The molecule has 0 atom stereocenters. The number of aromatic nitrogens is 1. The maximum atomic E-state index is 14.4. The zero-order valence-corrected chi connectivity index (χ0v) is 15.9. The summed E-state index contributed by atoms with van der Waals surface area (Å²) in [7, 11) is 0. The normalized spacial score (nSPS) is 13.9. The summed E-state index contributed by atoms with van der Waals surface area (Å²) < 4.78 is 25.6. The van der Waals surface area contributed by atoms with Crippen LogP contribution >= 0.6 is 23.2 Å². The summed E-state index contributed by atoms with van der Waals surface area (Å²) >= 11 is 12.2. The molecule has 0 bridgehead atoms. The van der Waals surface area contributed by atoms with E-state index in [1.54, 1.807) is 12.1 Å². The van der Waals surface area contributed by atoms with E-state index in [1.165, 1.54) is 12.1 Å². The van der Waals surface area contributed by atoms with Gasteiger partial charge in [0.05, 0.1) is 23.4 Å². The largest absolute Gasteiger partial charge is 0.490 e. The van der Waals surface area contributed by atoms with Gasteiger partial charge in [-0.25, -0.2) is 9.37 Å². The van der Waals surface area contributed by atoms with Crippen LogP contribution in [0.2, 0.25) is 10.2 Å². The second kappa shape index (κ2) is 8.76. The van der Waals surface area contributed by atoms with Gasteiger partial charge in [-0.15, -0.1) is 0 Å². The van der Waals surface area contributed by atoms with Gasteiger partial charge in [0.15, 0.2) is 11.6 Å². The van der Waals surface area contributed by atoms with Crippen LogP contribution < -0.4 is 9.47 Å². The number of nitrogens with zero attached hydrogens (tertiary/aromatic N) is 1. The Morgan fingerprint density at radius 3 is 2.67 bits per heavy atom. The first-order valence-corrected chi connectivity index (χ1v) is 9.36. The number of ether oxygens (including phenoxy) is 2. The van der Waals surface area contributed by atoms with Crippen LogP contribution in [0.4, 0.5) is 4.39 Å². The molecule has 1 saturated carbocycles. The van der Waals surface area contributed by atoms with Crippen molar-refractivity contribution in [2.45, 2.75) is 38.2 Å². The summed E-state index contributed by atoms with van der Waals surface area (Å²) in [5, 5.41) is 8.93. The summed E-state index contributed by atoms with van der Waals surface area (Å²) in [6.45, 7) is 0.0527. The molecule has 2 aromatic rings. The first-order chi connectivity index (χ1) is 12.9. The number of carbonyl (C=O) groups is 1. The lowest BCUT2D eigenvalue weighted by molar-refractivity contribution is -0.137. The predicted octanol–water partition coefficient (Wildman–Crippen LogP) is 5.37. The average molecular weight is 414 g/mol. The van der Waals surface area contributed by atoms with Gasteiger partial charge in [-0.05, 0) is 37.8 Å². The Labute approximate surface area is 166 Å². The van der Waals surface area contributed by atoms with Crippen molar-refractivity contribution in [3.05, 3.63) is 40.3 Å². The van der Waals surface area contributed by atoms with Crippen LogP contribution in [0, 0.1) is 5.82 Å². The summed E-state index contributed by atoms with van der Waals surface area (Å²) in [4.78, 5) is 14.7. The van der Waals surface area contributed by atoms with Gasteiger partial charge in [0.2, 0.25) is 0 Å². The molecule has 0 amide bonds.